The Hall–Kier alpha value is -2.93. The van der Waals surface area contributed by atoms with Gasteiger partial charge in [-0.3, -0.25) is 0 Å². The quantitative estimate of drug-likeness (QED) is 0.553. The van der Waals surface area contributed by atoms with E-state index in [0.29, 0.717) is 0 Å². The maximum Gasteiger partial charge on any atom is 0.265 e. The molecule has 0 bridgehead atoms. The molecule has 4 nitrogen and oxygen atoms in total. The Kier molecular flexibility index (Phi) is 5.94. The third-order valence-corrected chi connectivity index (χ3v) is 5.94. The van der Waals surface area contributed by atoms with Crippen molar-refractivity contribution in [3.8, 4) is 11.5 Å². The van der Waals surface area contributed by atoms with Gasteiger partial charge >= 0.3 is 0 Å². The summed E-state index contributed by atoms with van der Waals surface area (Å²) < 4.78 is 64.0. The highest BCUT2D eigenvalue weighted by atomic mass is 32.2. The van der Waals surface area contributed by atoms with Gasteiger partial charge in [0.25, 0.3) is 6.43 Å². The van der Waals surface area contributed by atoms with E-state index in [-0.39, 0.29) is 23.0 Å². The second-order valence-electron chi connectivity index (χ2n) is 5.93. The molecule has 0 atom stereocenters. The van der Waals surface area contributed by atoms with Crippen molar-refractivity contribution in [1.82, 2.24) is 0 Å². The summed E-state index contributed by atoms with van der Waals surface area (Å²) in [4.78, 5) is -0.575. The minimum absolute atomic E-state index is 0.0497. The van der Waals surface area contributed by atoms with Crippen molar-refractivity contribution in [3.05, 3.63) is 83.9 Å². The lowest BCUT2D eigenvalue weighted by atomic mass is 10.2. The van der Waals surface area contributed by atoms with E-state index in [1.165, 1.54) is 31.4 Å². The van der Waals surface area contributed by atoms with Crippen molar-refractivity contribution in [2.45, 2.75) is 22.8 Å². The molecule has 3 rings (SSSR count). The number of benzene rings is 3. The number of rotatable bonds is 7. The lowest BCUT2D eigenvalue weighted by Crippen LogP contribution is -2.08. The SMILES string of the molecule is COc1cc(S(=O)(=O)c2ccccc2)c(C(F)F)cc1OCc1ccccc1. The van der Waals surface area contributed by atoms with Crippen molar-refractivity contribution >= 4 is 9.84 Å². The van der Waals surface area contributed by atoms with Crippen molar-refractivity contribution < 1.29 is 26.7 Å². The first-order chi connectivity index (χ1) is 13.4. The molecule has 0 aromatic heterocycles. The molecule has 0 radical (unpaired) electrons. The fourth-order valence-electron chi connectivity index (χ4n) is 2.69. The maximum atomic E-state index is 13.7. The number of ether oxygens (including phenoxy) is 2. The summed E-state index contributed by atoms with van der Waals surface area (Å²) in [6.45, 7) is 0.130. The van der Waals surface area contributed by atoms with Gasteiger partial charge in [-0.05, 0) is 23.8 Å². The van der Waals surface area contributed by atoms with Crippen LogP contribution in [0.2, 0.25) is 0 Å². The number of sulfone groups is 1. The highest BCUT2D eigenvalue weighted by molar-refractivity contribution is 7.91. The average molecular weight is 404 g/mol. The van der Waals surface area contributed by atoms with Crippen LogP contribution in [0.3, 0.4) is 0 Å². The summed E-state index contributed by atoms with van der Waals surface area (Å²) in [7, 11) is -2.82. The minimum Gasteiger partial charge on any atom is -0.493 e. The Bertz CT molecular complexity index is 1040. The monoisotopic (exact) mass is 404 g/mol. The molecule has 0 aliphatic rings. The Morgan fingerprint density at radius 2 is 1.50 bits per heavy atom. The van der Waals surface area contributed by atoms with Crippen molar-refractivity contribution in [1.29, 1.82) is 0 Å². The zero-order valence-electron chi connectivity index (χ0n) is 15.0. The topological polar surface area (TPSA) is 52.6 Å². The first-order valence-corrected chi connectivity index (χ1v) is 9.88. The molecule has 0 aliphatic carbocycles. The molecule has 0 saturated heterocycles. The molecule has 3 aromatic rings. The van der Waals surface area contributed by atoms with Gasteiger partial charge in [0.15, 0.2) is 11.5 Å². The molecule has 0 amide bonds. The lowest BCUT2D eigenvalue weighted by molar-refractivity contribution is 0.147. The van der Waals surface area contributed by atoms with Crippen molar-refractivity contribution in [2.24, 2.45) is 0 Å². The third-order valence-electron chi connectivity index (χ3n) is 4.11. The van der Waals surface area contributed by atoms with Crippen LogP contribution in [-0.4, -0.2) is 15.5 Å². The Morgan fingerprint density at radius 1 is 0.893 bits per heavy atom. The molecule has 0 aliphatic heterocycles. The van der Waals surface area contributed by atoms with Gasteiger partial charge in [0.05, 0.1) is 16.9 Å². The summed E-state index contributed by atoms with van der Waals surface area (Å²) in [5.41, 5.74) is 0.205. The smallest absolute Gasteiger partial charge is 0.265 e. The van der Waals surface area contributed by atoms with Crippen LogP contribution in [-0.2, 0) is 16.4 Å². The van der Waals surface area contributed by atoms with Crippen LogP contribution in [0.15, 0.2) is 82.6 Å². The summed E-state index contributed by atoms with van der Waals surface area (Å²) in [5.74, 6) is 0.114. The van der Waals surface area contributed by atoms with Crippen molar-refractivity contribution in [3.63, 3.8) is 0 Å². The van der Waals surface area contributed by atoms with E-state index >= 15 is 0 Å². The summed E-state index contributed by atoms with van der Waals surface area (Å²) in [6.07, 6.45) is -3.00. The van der Waals surface area contributed by atoms with E-state index in [0.717, 1.165) is 17.7 Å². The molecule has 28 heavy (non-hydrogen) atoms. The second-order valence-corrected chi connectivity index (χ2v) is 7.85. The Morgan fingerprint density at radius 3 is 2.07 bits per heavy atom. The fourth-order valence-corrected chi connectivity index (χ4v) is 4.18. The summed E-state index contributed by atoms with van der Waals surface area (Å²) in [5, 5.41) is 0. The molecule has 0 spiro atoms. The molecular weight excluding hydrogens is 386 g/mol. The largest absolute Gasteiger partial charge is 0.493 e. The fraction of sp³-hybridized carbons (Fsp3) is 0.143. The highest BCUT2D eigenvalue weighted by Crippen LogP contribution is 2.39. The number of alkyl halides is 2. The first-order valence-electron chi connectivity index (χ1n) is 8.40. The predicted molar refractivity (Wildman–Crippen MR) is 101 cm³/mol. The van der Waals surface area contributed by atoms with Gasteiger partial charge in [0, 0.05) is 11.6 Å². The summed E-state index contributed by atoms with van der Waals surface area (Å²) >= 11 is 0. The Labute approximate surface area is 162 Å². The Balaban J connectivity index is 2.05. The van der Waals surface area contributed by atoms with Crippen LogP contribution in [0, 0.1) is 0 Å². The number of methoxy groups -OCH3 is 1. The summed E-state index contributed by atoms with van der Waals surface area (Å²) in [6, 6.07) is 18.7. The minimum atomic E-state index is -4.15. The van der Waals surface area contributed by atoms with Gasteiger partial charge in [-0.2, -0.15) is 0 Å². The average Bonchev–Trinajstić information content (AvgIpc) is 2.72. The molecule has 0 fully saturated rings. The third kappa shape index (κ3) is 4.14. The van der Waals surface area contributed by atoms with E-state index in [4.69, 9.17) is 9.47 Å². The van der Waals surface area contributed by atoms with Crippen LogP contribution in [0.25, 0.3) is 0 Å². The van der Waals surface area contributed by atoms with E-state index in [2.05, 4.69) is 0 Å². The van der Waals surface area contributed by atoms with E-state index in [1.807, 2.05) is 30.3 Å². The van der Waals surface area contributed by atoms with Crippen LogP contribution in [0.4, 0.5) is 8.78 Å². The number of hydrogen-bond acceptors (Lipinski definition) is 4. The molecular formula is C21H18F2O4S. The first kappa shape index (κ1) is 19.8. The number of hydrogen-bond donors (Lipinski definition) is 0. The lowest BCUT2D eigenvalue weighted by Gasteiger charge is -2.16. The molecule has 3 aromatic carbocycles. The zero-order chi connectivity index (χ0) is 20.1. The van der Waals surface area contributed by atoms with Crippen molar-refractivity contribution in [2.75, 3.05) is 7.11 Å². The van der Waals surface area contributed by atoms with Gasteiger partial charge in [-0.25, -0.2) is 17.2 Å². The van der Waals surface area contributed by atoms with E-state index < -0.39 is 26.7 Å². The van der Waals surface area contributed by atoms with Gasteiger partial charge < -0.3 is 9.47 Å². The normalized spacial score (nSPS) is 11.4. The molecule has 0 saturated carbocycles. The highest BCUT2D eigenvalue weighted by Gasteiger charge is 2.28. The standard InChI is InChI=1S/C21H18F2O4S/c1-26-18-13-20(28(24,25)16-10-6-3-7-11-16)17(21(22)23)12-19(18)27-14-15-8-4-2-5-9-15/h2-13,21H,14H2,1H3. The van der Waals surface area contributed by atoms with Crippen LogP contribution < -0.4 is 9.47 Å². The van der Waals surface area contributed by atoms with E-state index in [1.54, 1.807) is 6.07 Å². The van der Waals surface area contributed by atoms with Gasteiger partial charge in [0.2, 0.25) is 9.84 Å². The molecule has 146 valence electrons. The van der Waals surface area contributed by atoms with Gasteiger partial charge in [0.1, 0.15) is 6.61 Å². The molecule has 0 unspecified atom stereocenters. The maximum absolute atomic E-state index is 13.7. The second kappa shape index (κ2) is 8.39. The number of halogens is 2. The van der Waals surface area contributed by atoms with Gasteiger partial charge in [-0.1, -0.05) is 48.5 Å². The molecule has 7 heteroatoms. The van der Waals surface area contributed by atoms with E-state index in [9.17, 15) is 17.2 Å². The van der Waals surface area contributed by atoms with Crippen LogP contribution in [0.1, 0.15) is 17.6 Å². The zero-order valence-corrected chi connectivity index (χ0v) is 15.8. The van der Waals surface area contributed by atoms with Crippen LogP contribution in [0.5, 0.6) is 11.5 Å². The molecule has 0 N–H and O–H groups in total. The van der Waals surface area contributed by atoms with Crippen LogP contribution >= 0.6 is 0 Å². The predicted octanol–water partition coefficient (Wildman–Crippen LogP) is 5.04. The molecule has 0 heterocycles. The van der Waals surface area contributed by atoms with Gasteiger partial charge in [-0.15, -0.1) is 0 Å².